The average molecular weight is 214 g/mol. The molecule has 0 aromatic heterocycles. The van der Waals surface area contributed by atoms with Crippen LogP contribution < -0.4 is 5.32 Å². The molecule has 0 aliphatic heterocycles. The van der Waals surface area contributed by atoms with E-state index < -0.39 is 0 Å². The van der Waals surface area contributed by atoms with Crippen LogP contribution in [0.5, 0.6) is 0 Å². The average Bonchev–Trinajstić information content (AvgIpc) is 2.20. The molecule has 0 fully saturated rings. The molecule has 0 saturated heterocycles. The van der Waals surface area contributed by atoms with Gasteiger partial charge in [0.05, 0.1) is 6.61 Å². The molecule has 0 spiro atoms. The number of methoxy groups -OCH3 is 1. The highest BCUT2D eigenvalue weighted by atomic mass is 16.5. The van der Waals surface area contributed by atoms with Crippen LogP contribution in [0.4, 0.5) is 0 Å². The van der Waals surface area contributed by atoms with Crippen molar-refractivity contribution in [3.05, 3.63) is 12.7 Å². The fourth-order valence-electron chi connectivity index (χ4n) is 1.33. The number of nitrogens with one attached hydrogen (secondary N) is 1. The van der Waals surface area contributed by atoms with Crippen molar-refractivity contribution in [1.29, 1.82) is 0 Å². The topological polar surface area (TPSA) is 24.5 Å². The molecule has 3 nitrogen and oxygen atoms in total. The van der Waals surface area contributed by atoms with E-state index in [4.69, 9.17) is 4.74 Å². The maximum atomic E-state index is 5.07. The Morgan fingerprint density at radius 2 is 2.13 bits per heavy atom. The molecular weight excluding hydrogens is 188 g/mol. The molecule has 3 heteroatoms. The molecule has 0 aromatic carbocycles. The highest BCUT2D eigenvalue weighted by molar-refractivity contribution is 4.73. The maximum absolute atomic E-state index is 5.07. The summed E-state index contributed by atoms with van der Waals surface area (Å²) in [4.78, 5) is 2.34. The molecule has 0 radical (unpaired) electrons. The van der Waals surface area contributed by atoms with Crippen LogP contribution >= 0.6 is 0 Å². The Morgan fingerprint density at radius 1 is 1.40 bits per heavy atom. The molecule has 0 atom stereocenters. The monoisotopic (exact) mass is 214 g/mol. The van der Waals surface area contributed by atoms with Crippen LogP contribution in [0.3, 0.4) is 0 Å². The number of nitrogens with zero attached hydrogens (tertiary/aromatic N) is 1. The van der Waals surface area contributed by atoms with Crippen molar-refractivity contribution in [2.45, 2.75) is 13.8 Å². The quantitative estimate of drug-likeness (QED) is 0.439. The first-order chi connectivity index (χ1) is 7.20. The van der Waals surface area contributed by atoms with E-state index in [9.17, 15) is 0 Å². The van der Waals surface area contributed by atoms with Crippen molar-refractivity contribution in [2.75, 3.05) is 46.4 Å². The van der Waals surface area contributed by atoms with E-state index in [0.29, 0.717) is 0 Å². The SMILES string of the molecule is C=CCN(CCNCC(C)C)CCOC. The van der Waals surface area contributed by atoms with Crippen LogP contribution in [0.1, 0.15) is 13.8 Å². The Balaban J connectivity index is 3.51. The molecule has 0 bridgehead atoms. The van der Waals surface area contributed by atoms with Gasteiger partial charge in [0.2, 0.25) is 0 Å². The van der Waals surface area contributed by atoms with Crippen LogP contribution in [-0.4, -0.2) is 51.3 Å². The minimum Gasteiger partial charge on any atom is -0.383 e. The molecule has 0 aromatic rings. The Hall–Kier alpha value is -0.380. The van der Waals surface area contributed by atoms with Gasteiger partial charge in [-0.15, -0.1) is 6.58 Å². The van der Waals surface area contributed by atoms with Gasteiger partial charge in [0.15, 0.2) is 0 Å². The lowest BCUT2D eigenvalue weighted by Gasteiger charge is -2.20. The maximum Gasteiger partial charge on any atom is 0.0589 e. The first-order valence-electron chi connectivity index (χ1n) is 5.73. The first kappa shape index (κ1) is 14.6. The van der Waals surface area contributed by atoms with Crippen molar-refractivity contribution in [2.24, 2.45) is 5.92 Å². The third kappa shape index (κ3) is 9.91. The zero-order valence-corrected chi connectivity index (χ0v) is 10.5. The fraction of sp³-hybridized carbons (Fsp3) is 0.833. The summed E-state index contributed by atoms with van der Waals surface area (Å²) in [7, 11) is 1.74. The molecular formula is C12H26N2O. The van der Waals surface area contributed by atoms with Gasteiger partial charge in [-0.05, 0) is 12.5 Å². The van der Waals surface area contributed by atoms with Crippen molar-refractivity contribution in [3.8, 4) is 0 Å². The van der Waals surface area contributed by atoms with Crippen LogP contribution in [-0.2, 0) is 4.74 Å². The van der Waals surface area contributed by atoms with Gasteiger partial charge in [-0.25, -0.2) is 0 Å². The predicted molar refractivity (Wildman–Crippen MR) is 66.2 cm³/mol. The van der Waals surface area contributed by atoms with E-state index in [1.807, 2.05) is 6.08 Å². The van der Waals surface area contributed by atoms with Crippen LogP contribution in [0.25, 0.3) is 0 Å². The largest absolute Gasteiger partial charge is 0.383 e. The number of hydrogen-bond acceptors (Lipinski definition) is 3. The number of rotatable bonds is 10. The van der Waals surface area contributed by atoms with E-state index in [2.05, 4.69) is 30.6 Å². The number of hydrogen-bond donors (Lipinski definition) is 1. The van der Waals surface area contributed by atoms with Crippen molar-refractivity contribution in [1.82, 2.24) is 10.2 Å². The summed E-state index contributed by atoms with van der Waals surface area (Å²) >= 11 is 0. The second-order valence-corrected chi connectivity index (χ2v) is 4.18. The molecule has 0 heterocycles. The third-order valence-corrected chi connectivity index (χ3v) is 2.16. The van der Waals surface area contributed by atoms with Crippen LogP contribution in [0, 0.1) is 5.92 Å². The Kier molecular flexibility index (Phi) is 9.89. The summed E-state index contributed by atoms with van der Waals surface area (Å²) in [5.41, 5.74) is 0. The standard InChI is InChI=1S/C12H26N2O/c1-5-7-14(9-10-15-4)8-6-13-11-12(2)3/h5,12-13H,1,6-11H2,2-4H3. The Labute approximate surface area is 94.5 Å². The minimum absolute atomic E-state index is 0.719. The molecule has 0 amide bonds. The van der Waals surface area contributed by atoms with Gasteiger partial charge in [-0.3, -0.25) is 4.90 Å². The highest BCUT2D eigenvalue weighted by Gasteiger charge is 2.01. The zero-order chi connectivity index (χ0) is 11.5. The van der Waals surface area contributed by atoms with Crippen molar-refractivity contribution >= 4 is 0 Å². The van der Waals surface area contributed by atoms with E-state index in [1.54, 1.807) is 7.11 Å². The minimum atomic E-state index is 0.719. The van der Waals surface area contributed by atoms with Crippen LogP contribution in [0.15, 0.2) is 12.7 Å². The van der Waals surface area contributed by atoms with Gasteiger partial charge in [0.1, 0.15) is 0 Å². The molecule has 0 rings (SSSR count). The van der Waals surface area contributed by atoms with Gasteiger partial charge in [-0.1, -0.05) is 19.9 Å². The fourth-order valence-corrected chi connectivity index (χ4v) is 1.33. The van der Waals surface area contributed by atoms with Gasteiger partial charge in [0.25, 0.3) is 0 Å². The summed E-state index contributed by atoms with van der Waals surface area (Å²) < 4.78 is 5.07. The van der Waals surface area contributed by atoms with E-state index in [0.717, 1.165) is 45.2 Å². The Bertz CT molecular complexity index is 149. The van der Waals surface area contributed by atoms with E-state index in [-0.39, 0.29) is 0 Å². The highest BCUT2D eigenvalue weighted by Crippen LogP contribution is 1.90. The first-order valence-corrected chi connectivity index (χ1v) is 5.73. The lowest BCUT2D eigenvalue weighted by atomic mass is 10.2. The number of ether oxygens (including phenoxy) is 1. The van der Waals surface area contributed by atoms with E-state index >= 15 is 0 Å². The van der Waals surface area contributed by atoms with Crippen molar-refractivity contribution < 1.29 is 4.74 Å². The second-order valence-electron chi connectivity index (χ2n) is 4.18. The van der Waals surface area contributed by atoms with Gasteiger partial charge >= 0.3 is 0 Å². The lowest BCUT2D eigenvalue weighted by Crippen LogP contribution is -2.35. The predicted octanol–water partition coefficient (Wildman–Crippen LogP) is 1.37. The molecule has 90 valence electrons. The molecule has 0 aliphatic rings. The smallest absolute Gasteiger partial charge is 0.0589 e. The van der Waals surface area contributed by atoms with Crippen LogP contribution in [0.2, 0.25) is 0 Å². The van der Waals surface area contributed by atoms with E-state index in [1.165, 1.54) is 0 Å². The summed E-state index contributed by atoms with van der Waals surface area (Å²) in [5, 5.41) is 3.43. The summed E-state index contributed by atoms with van der Waals surface area (Å²) in [6.07, 6.45) is 1.94. The second kappa shape index (κ2) is 10.1. The molecule has 0 saturated carbocycles. The van der Waals surface area contributed by atoms with Crippen molar-refractivity contribution in [3.63, 3.8) is 0 Å². The lowest BCUT2D eigenvalue weighted by molar-refractivity contribution is 0.154. The summed E-state index contributed by atoms with van der Waals surface area (Å²) in [6, 6.07) is 0. The zero-order valence-electron chi connectivity index (χ0n) is 10.5. The molecule has 0 aliphatic carbocycles. The van der Waals surface area contributed by atoms with Gasteiger partial charge < -0.3 is 10.1 Å². The molecule has 1 N–H and O–H groups in total. The normalized spacial score (nSPS) is 11.3. The Morgan fingerprint density at radius 3 is 2.67 bits per heavy atom. The van der Waals surface area contributed by atoms with Gasteiger partial charge in [0, 0.05) is 33.3 Å². The summed E-state index contributed by atoms with van der Waals surface area (Å²) in [5.74, 6) is 0.719. The molecule has 15 heavy (non-hydrogen) atoms. The van der Waals surface area contributed by atoms with Gasteiger partial charge in [-0.2, -0.15) is 0 Å². The molecule has 0 unspecified atom stereocenters. The summed E-state index contributed by atoms with van der Waals surface area (Å²) in [6.45, 7) is 14.1. The third-order valence-electron chi connectivity index (χ3n) is 2.16.